The van der Waals surface area contributed by atoms with E-state index in [0.29, 0.717) is 17.6 Å². The first-order valence-corrected chi connectivity index (χ1v) is 14.9. The first-order chi connectivity index (χ1) is 22.3. The maximum absolute atomic E-state index is 6.78. The van der Waals surface area contributed by atoms with E-state index in [0.717, 1.165) is 76.8 Å². The van der Waals surface area contributed by atoms with Crippen molar-refractivity contribution >= 4 is 65.7 Å². The zero-order chi connectivity index (χ0) is 29.5. The van der Waals surface area contributed by atoms with Gasteiger partial charge in [-0.3, -0.25) is 4.57 Å². The van der Waals surface area contributed by atoms with Gasteiger partial charge in [-0.1, -0.05) is 115 Å². The van der Waals surface area contributed by atoms with Crippen LogP contribution >= 0.6 is 0 Å². The van der Waals surface area contributed by atoms with Crippen LogP contribution in [0.3, 0.4) is 0 Å². The Morgan fingerprint density at radius 3 is 1.53 bits per heavy atom. The fourth-order valence-electron chi connectivity index (χ4n) is 6.72. The number of rotatable bonds is 3. The van der Waals surface area contributed by atoms with Gasteiger partial charge in [0.25, 0.3) is 0 Å². The van der Waals surface area contributed by atoms with Crippen LogP contribution in [0.2, 0.25) is 0 Å². The van der Waals surface area contributed by atoms with E-state index in [1.54, 1.807) is 0 Å². The Labute approximate surface area is 255 Å². The highest BCUT2D eigenvalue weighted by atomic mass is 16.3. The van der Waals surface area contributed by atoms with Gasteiger partial charge in [0.1, 0.15) is 22.3 Å². The molecule has 0 amide bonds. The van der Waals surface area contributed by atoms with Crippen molar-refractivity contribution in [2.24, 2.45) is 0 Å². The number of para-hydroxylation sites is 3. The van der Waals surface area contributed by atoms with Crippen molar-refractivity contribution in [1.29, 1.82) is 0 Å². The average Bonchev–Trinajstić information content (AvgIpc) is 3.78. The van der Waals surface area contributed by atoms with Gasteiger partial charge in [-0.2, -0.15) is 9.97 Å². The summed E-state index contributed by atoms with van der Waals surface area (Å²) in [6.45, 7) is 0. The van der Waals surface area contributed by atoms with Crippen LogP contribution in [-0.2, 0) is 0 Å². The molecular weight excluding hydrogens is 556 g/mol. The van der Waals surface area contributed by atoms with Gasteiger partial charge in [-0.05, 0) is 18.2 Å². The Kier molecular flexibility index (Phi) is 4.90. The third-order valence-electron chi connectivity index (χ3n) is 8.65. The Morgan fingerprint density at radius 1 is 0.422 bits per heavy atom. The summed E-state index contributed by atoms with van der Waals surface area (Å²) in [6.07, 6.45) is 0. The first kappa shape index (κ1) is 24.2. The summed E-state index contributed by atoms with van der Waals surface area (Å²) in [5.74, 6) is 1.69. The van der Waals surface area contributed by atoms with Crippen LogP contribution in [0.15, 0.2) is 142 Å². The van der Waals surface area contributed by atoms with Crippen LogP contribution in [0.1, 0.15) is 0 Å². The van der Waals surface area contributed by atoms with Gasteiger partial charge < -0.3 is 8.83 Å². The van der Waals surface area contributed by atoms with E-state index in [2.05, 4.69) is 47.0 Å². The lowest BCUT2D eigenvalue weighted by molar-refractivity contribution is 0.667. The van der Waals surface area contributed by atoms with Crippen molar-refractivity contribution in [3.63, 3.8) is 0 Å². The molecule has 0 N–H and O–H groups in total. The highest BCUT2D eigenvalue weighted by Gasteiger charge is 2.27. The quantitative estimate of drug-likeness (QED) is 0.209. The van der Waals surface area contributed by atoms with E-state index in [1.807, 2.05) is 91.0 Å². The van der Waals surface area contributed by atoms with Crippen molar-refractivity contribution in [3.8, 4) is 28.7 Å². The largest absolute Gasteiger partial charge is 0.455 e. The van der Waals surface area contributed by atoms with E-state index < -0.39 is 0 Å². The molecule has 0 aliphatic heterocycles. The number of aromatic nitrogens is 4. The van der Waals surface area contributed by atoms with Crippen molar-refractivity contribution in [1.82, 2.24) is 19.5 Å². The molecule has 45 heavy (non-hydrogen) atoms. The third kappa shape index (κ3) is 3.42. The van der Waals surface area contributed by atoms with Gasteiger partial charge >= 0.3 is 0 Å². The SMILES string of the molecule is c1ccc(-c2nc(-c3ccccc3)nc(-n3c4ccccc4c4c5oc6ccccc6c5c5c6ccccc6oc5c43)n2)cc1. The molecule has 0 aliphatic rings. The average molecular weight is 579 g/mol. The van der Waals surface area contributed by atoms with Crippen LogP contribution < -0.4 is 0 Å². The maximum Gasteiger partial charge on any atom is 0.238 e. The molecule has 0 aliphatic carbocycles. The molecule has 210 valence electrons. The fourth-order valence-corrected chi connectivity index (χ4v) is 6.72. The molecule has 6 nitrogen and oxygen atoms in total. The molecule has 6 aromatic carbocycles. The normalized spacial score (nSPS) is 12.0. The highest BCUT2D eigenvalue weighted by Crippen LogP contribution is 2.48. The van der Waals surface area contributed by atoms with E-state index in [9.17, 15) is 0 Å². The Hall–Kier alpha value is -6.27. The minimum absolute atomic E-state index is 0.506. The van der Waals surface area contributed by atoms with E-state index in [-0.39, 0.29) is 0 Å². The first-order valence-electron chi connectivity index (χ1n) is 14.9. The van der Waals surface area contributed by atoms with Crippen molar-refractivity contribution < 1.29 is 8.83 Å². The topological polar surface area (TPSA) is 69.9 Å². The van der Waals surface area contributed by atoms with Gasteiger partial charge in [0, 0.05) is 38.1 Å². The van der Waals surface area contributed by atoms with Crippen molar-refractivity contribution in [2.75, 3.05) is 0 Å². The molecule has 0 atom stereocenters. The second-order valence-corrected chi connectivity index (χ2v) is 11.2. The van der Waals surface area contributed by atoms with Gasteiger partial charge in [0.05, 0.1) is 10.9 Å². The van der Waals surface area contributed by atoms with Crippen LogP contribution in [0.4, 0.5) is 0 Å². The van der Waals surface area contributed by atoms with Crippen LogP contribution in [0.25, 0.3) is 94.4 Å². The number of nitrogens with zero attached hydrogens (tertiary/aromatic N) is 4. The molecule has 4 aromatic heterocycles. The summed E-state index contributed by atoms with van der Waals surface area (Å²) in [7, 11) is 0. The van der Waals surface area contributed by atoms with Crippen molar-refractivity contribution in [3.05, 3.63) is 133 Å². The molecule has 0 fully saturated rings. The van der Waals surface area contributed by atoms with Crippen molar-refractivity contribution in [2.45, 2.75) is 0 Å². The molecule has 0 spiro atoms. The molecule has 0 radical (unpaired) electrons. The molecule has 0 saturated heterocycles. The number of benzene rings is 6. The minimum atomic E-state index is 0.506. The molecule has 4 heterocycles. The monoisotopic (exact) mass is 578 g/mol. The molecule has 0 bridgehead atoms. The summed E-state index contributed by atoms with van der Waals surface area (Å²) in [6, 6.07) is 44.8. The Balaban J connectivity index is 1.44. The van der Waals surface area contributed by atoms with Gasteiger partial charge in [0.2, 0.25) is 5.95 Å². The molecule has 6 heteroatoms. The summed E-state index contributed by atoms with van der Waals surface area (Å²) in [4.78, 5) is 15.2. The highest BCUT2D eigenvalue weighted by molar-refractivity contribution is 6.38. The summed E-state index contributed by atoms with van der Waals surface area (Å²) in [5, 5.41) is 6.15. The molecule has 0 saturated carbocycles. The number of hydrogen-bond acceptors (Lipinski definition) is 5. The number of furan rings is 2. The minimum Gasteiger partial charge on any atom is -0.455 e. The van der Waals surface area contributed by atoms with E-state index >= 15 is 0 Å². The van der Waals surface area contributed by atoms with Crippen LogP contribution in [-0.4, -0.2) is 19.5 Å². The zero-order valence-corrected chi connectivity index (χ0v) is 23.8. The molecule has 10 rings (SSSR count). The van der Waals surface area contributed by atoms with Crippen LogP contribution in [0, 0.1) is 0 Å². The lowest BCUT2D eigenvalue weighted by Gasteiger charge is -2.11. The summed E-state index contributed by atoms with van der Waals surface area (Å²) >= 11 is 0. The lowest BCUT2D eigenvalue weighted by atomic mass is 10.0. The van der Waals surface area contributed by atoms with E-state index in [1.165, 1.54) is 0 Å². The smallest absolute Gasteiger partial charge is 0.238 e. The predicted molar refractivity (Wildman–Crippen MR) is 180 cm³/mol. The van der Waals surface area contributed by atoms with E-state index in [4.69, 9.17) is 23.8 Å². The standard InChI is InChI=1S/C39H22N4O2/c1-3-13-23(14-4-1)37-40-38(24-15-5-2-6-16-24)42-39(41-37)43-28-20-10-7-17-25(28)33-34(43)36-32(27-19-9-12-22-30(27)45-36)31-26-18-8-11-21-29(26)44-35(31)33/h1-22H. The molecule has 0 unspecified atom stereocenters. The second-order valence-electron chi connectivity index (χ2n) is 11.2. The van der Waals surface area contributed by atoms with Gasteiger partial charge in [-0.15, -0.1) is 0 Å². The van der Waals surface area contributed by atoms with Crippen LogP contribution in [0.5, 0.6) is 0 Å². The van der Waals surface area contributed by atoms with Gasteiger partial charge in [-0.25, -0.2) is 4.98 Å². The number of hydrogen-bond donors (Lipinski definition) is 0. The molecular formula is C39H22N4O2. The Morgan fingerprint density at radius 2 is 0.911 bits per heavy atom. The third-order valence-corrected chi connectivity index (χ3v) is 8.65. The molecule has 10 aromatic rings. The fraction of sp³-hybridized carbons (Fsp3) is 0. The second kappa shape index (κ2) is 9.11. The summed E-state index contributed by atoms with van der Waals surface area (Å²) < 4.78 is 15.6. The number of fused-ring (bicyclic) bond motifs is 12. The maximum atomic E-state index is 6.78. The van der Waals surface area contributed by atoms with Gasteiger partial charge in [0.15, 0.2) is 17.2 Å². The zero-order valence-electron chi connectivity index (χ0n) is 23.8. The summed E-state index contributed by atoms with van der Waals surface area (Å²) in [5.41, 5.74) is 6.87. The predicted octanol–water partition coefficient (Wildman–Crippen LogP) is 10.1. The lowest BCUT2D eigenvalue weighted by Crippen LogP contribution is -2.06. The Bertz CT molecular complexity index is 2700.